The second-order valence-corrected chi connectivity index (χ2v) is 5.36. The normalized spacial score (nSPS) is 20.8. The summed E-state index contributed by atoms with van der Waals surface area (Å²) in [6.45, 7) is 1.57. The topological polar surface area (TPSA) is 37.4 Å². The van der Waals surface area contributed by atoms with E-state index in [0.717, 1.165) is 23.9 Å². The van der Waals surface area contributed by atoms with E-state index >= 15 is 0 Å². The summed E-state index contributed by atoms with van der Waals surface area (Å²) >= 11 is 1.12. The highest BCUT2D eigenvalue weighted by molar-refractivity contribution is 8.01. The number of halogens is 3. The van der Waals surface area contributed by atoms with Crippen molar-refractivity contribution in [3.63, 3.8) is 0 Å². The van der Waals surface area contributed by atoms with Gasteiger partial charge in [0.25, 0.3) is 0 Å². The zero-order valence-electron chi connectivity index (χ0n) is 9.90. The highest BCUT2D eigenvalue weighted by Crippen LogP contribution is 2.38. The van der Waals surface area contributed by atoms with Crippen LogP contribution >= 0.6 is 11.8 Å². The van der Waals surface area contributed by atoms with Crippen LogP contribution in [0.2, 0.25) is 0 Å². The fourth-order valence-corrected chi connectivity index (χ4v) is 2.57. The lowest BCUT2D eigenvalue weighted by atomic mass is 10.1. The molecule has 1 unspecified atom stereocenters. The van der Waals surface area contributed by atoms with Gasteiger partial charge in [-0.15, -0.1) is 11.8 Å². The van der Waals surface area contributed by atoms with E-state index in [0.29, 0.717) is 4.90 Å². The number of thioether (sulfide) groups is 1. The smallest absolute Gasteiger partial charge is 0.273 e. The van der Waals surface area contributed by atoms with Crippen molar-refractivity contribution in [1.82, 2.24) is 0 Å². The van der Waals surface area contributed by atoms with Gasteiger partial charge in [0, 0.05) is 0 Å². The number of imide groups is 1. The molecule has 3 nitrogen and oxygen atoms in total. The Morgan fingerprint density at radius 2 is 1.89 bits per heavy atom. The van der Waals surface area contributed by atoms with Gasteiger partial charge in [-0.25, -0.2) is 4.90 Å². The molecule has 0 bridgehead atoms. The minimum absolute atomic E-state index is 0.000895. The second-order valence-electron chi connectivity index (χ2n) is 4.04. The molecule has 0 spiro atoms. The number of hydrogen-bond donors (Lipinski definition) is 0. The van der Waals surface area contributed by atoms with Crippen molar-refractivity contribution in [1.29, 1.82) is 0 Å². The van der Waals surface area contributed by atoms with E-state index < -0.39 is 34.5 Å². The van der Waals surface area contributed by atoms with E-state index in [1.807, 2.05) is 0 Å². The monoisotopic (exact) mass is 289 g/mol. The number of hydrogen-bond acceptors (Lipinski definition) is 3. The van der Waals surface area contributed by atoms with Gasteiger partial charge in [0.2, 0.25) is 11.8 Å². The maximum absolute atomic E-state index is 12.9. The van der Waals surface area contributed by atoms with Crippen molar-refractivity contribution in [2.75, 3.05) is 10.7 Å². The van der Waals surface area contributed by atoms with E-state index in [2.05, 4.69) is 0 Å². The van der Waals surface area contributed by atoms with E-state index in [1.165, 1.54) is 12.1 Å². The molecular formula is C12H10F3NO2S. The molecule has 0 N–H and O–H groups in total. The molecule has 102 valence electrons. The van der Waals surface area contributed by atoms with Crippen molar-refractivity contribution in [3.8, 4) is 0 Å². The predicted molar refractivity (Wildman–Crippen MR) is 65.9 cm³/mol. The zero-order valence-corrected chi connectivity index (χ0v) is 10.7. The molecule has 1 atom stereocenters. The third kappa shape index (κ3) is 2.60. The van der Waals surface area contributed by atoms with Crippen molar-refractivity contribution in [3.05, 3.63) is 29.8 Å². The maximum Gasteiger partial charge on any atom is 0.418 e. The van der Waals surface area contributed by atoms with Crippen LogP contribution in [0.1, 0.15) is 12.5 Å². The minimum atomic E-state index is -4.61. The molecule has 1 heterocycles. The number of para-hydroxylation sites is 1. The number of benzene rings is 1. The second kappa shape index (κ2) is 4.88. The van der Waals surface area contributed by atoms with Gasteiger partial charge >= 0.3 is 6.18 Å². The van der Waals surface area contributed by atoms with Gasteiger partial charge in [-0.05, 0) is 19.1 Å². The Bertz CT molecular complexity index is 530. The van der Waals surface area contributed by atoms with Crippen LogP contribution in [-0.4, -0.2) is 22.8 Å². The third-order valence-electron chi connectivity index (χ3n) is 2.72. The molecule has 2 rings (SSSR count). The Morgan fingerprint density at radius 3 is 2.53 bits per heavy atom. The van der Waals surface area contributed by atoms with E-state index in [4.69, 9.17) is 0 Å². The molecule has 1 fully saturated rings. The quantitative estimate of drug-likeness (QED) is 0.746. The molecular weight excluding hydrogens is 279 g/mol. The molecule has 19 heavy (non-hydrogen) atoms. The average Bonchev–Trinajstić information content (AvgIpc) is 2.34. The number of rotatable bonds is 1. The van der Waals surface area contributed by atoms with Gasteiger partial charge in [-0.3, -0.25) is 9.59 Å². The highest BCUT2D eigenvalue weighted by Gasteiger charge is 2.40. The lowest BCUT2D eigenvalue weighted by Crippen LogP contribution is -2.47. The maximum atomic E-state index is 12.9. The fraction of sp³-hybridized carbons (Fsp3) is 0.333. The first-order valence-electron chi connectivity index (χ1n) is 5.47. The molecule has 0 aromatic heterocycles. The molecule has 0 aliphatic carbocycles. The fourth-order valence-electron chi connectivity index (χ4n) is 1.80. The highest BCUT2D eigenvalue weighted by atomic mass is 32.2. The summed E-state index contributed by atoms with van der Waals surface area (Å²) in [5.41, 5.74) is -1.37. The summed E-state index contributed by atoms with van der Waals surface area (Å²) in [6.07, 6.45) is -4.61. The molecule has 1 saturated heterocycles. The van der Waals surface area contributed by atoms with Crippen LogP contribution in [0, 0.1) is 0 Å². The third-order valence-corrected chi connectivity index (χ3v) is 3.84. The first-order valence-corrected chi connectivity index (χ1v) is 6.52. The molecule has 1 aliphatic heterocycles. The van der Waals surface area contributed by atoms with E-state index in [-0.39, 0.29) is 5.75 Å². The number of carbonyl (C=O) groups excluding carboxylic acids is 2. The van der Waals surface area contributed by atoms with Crippen molar-refractivity contribution < 1.29 is 22.8 Å². The Balaban J connectivity index is 2.52. The van der Waals surface area contributed by atoms with Crippen LogP contribution in [0.25, 0.3) is 0 Å². The molecule has 1 aromatic rings. The molecule has 1 aliphatic rings. The van der Waals surface area contributed by atoms with Gasteiger partial charge in [0.05, 0.1) is 22.3 Å². The summed E-state index contributed by atoms with van der Waals surface area (Å²) in [5.74, 6) is -1.23. The summed E-state index contributed by atoms with van der Waals surface area (Å²) in [7, 11) is 0. The van der Waals surface area contributed by atoms with Crippen LogP contribution < -0.4 is 4.90 Å². The van der Waals surface area contributed by atoms with Crippen molar-refractivity contribution in [2.45, 2.75) is 18.3 Å². The van der Waals surface area contributed by atoms with Crippen molar-refractivity contribution in [2.24, 2.45) is 0 Å². The number of carbonyl (C=O) groups is 2. The molecule has 1 aromatic carbocycles. The van der Waals surface area contributed by atoms with Gasteiger partial charge < -0.3 is 0 Å². The van der Waals surface area contributed by atoms with E-state index in [1.54, 1.807) is 6.92 Å². The minimum Gasteiger partial charge on any atom is -0.273 e. The first kappa shape index (κ1) is 13.9. The van der Waals surface area contributed by atoms with Crippen LogP contribution in [0.4, 0.5) is 18.9 Å². The SMILES string of the molecule is CC1SCC(=O)N(c2ccccc2C(F)(F)F)C1=O. The summed E-state index contributed by atoms with van der Waals surface area (Å²) in [6, 6.07) is 4.60. The van der Waals surface area contributed by atoms with Crippen LogP contribution in [0.15, 0.2) is 24.3 Å². The molecule has 2 amide bonds. The molecule has 0 radical (unpaired) electrons. The summed E-state index contributed by atoms with van der Waals surface area (Å²) in [4.78, 5) is 24.3. The Kier molecular flexibility index (Phi) is 3.58. The largest absolute Gasteiger partial charge is 0.418 e. The Hall–Kier alpha value is -1.50. The average molecular weight is 289 g/mol. The van der Waals surface area contributed by atoms with Crippen LogP contribution in [-0.2, 0) is 15.8 Å². The lowest BCUT2D eigenvalue weighted by Gasteiger charge is -2.30. The number of amides is 2. The van der Waals surface area contributed by atoms with E-state index in [9.17, 15) is 22.8 Å². The first-order chi connectivity index (χ1) is 8.82. The Morgan fingerprint density at radius 1 is 1.26 bits per heavy atom. The number of alkyl halides is 3. The van der Waals surface area contributed by atoms with Gasteiger partial charge in [0.1, 0.15) is 0 Å². The summed E-state index contributed by atoms with van der Waals surface area (Å²) < 4.78 is 38.7. The number of nitrogens with zero attached hydrogens (tertiary/aromatic N) is 1. The zero-order chi connectivity index (χ0) is 14.2. The van der Waals surface area contributed by atoms with Gasteiger partial charge in [-0.2, -0.15) is 13.2 Å². The summed E-state index contributed by atoms with van der Waals surface area (Å²) in [5, 5.41) is -0.529. The predicted octanol–water partition coefficient (Wildman–Crippen LogP) is 2.70. The molecule has 7 heteroatoms. The lowest BCUT2D eigenvalue weighted by molar-refractivity contribution is -0.137. The standard InChI is InChI=1S/C12H10F3NO2S/c1-7-11(18)16(10(17)6-19-7)9-5-3-2-4-8(9)12(13,14)15/h2-5,7H,6H2,1H3. The van der Waals surface area contributed by atoms with Crippen LogP contribution in [0.5, 0.6) is 0 Å². The van der Waals surface area contributed by atoms with Gasteiger partial charge in [0.15, 0.2) is 0 Å². The number of anilines is 1. The Labute approximate surface area is 111 Å². The molecule has 0 saturated carbocycles. The van der Waals surface area contributed by atoms with Gasteiger partial charge in [-0.1, -0.05) is 12.1 Å². The van der Waals surface area contributed by atoms with Crippen LogP contribution in [0.3, 0.4) is 0 Å². The van der Waals surface area contributed by atoms with Crippen molar-refractivity contribution >= 4 is 29.3 Å².